The molecular formula is C13H16N2O3S. The molecule has 1 atom stereocenters. The monoisotopic (exact) mass is 280 g/mol. The first-order valence-corrected chi connectivity index (χ1v) is 7.84. The van der Waals surface area contributed by atoms with E-state index in [-0.39, 0.29) is 4.90 Å². The Morgan fingerprint density at radius 3 is 2.42 bits per heavy atom. The van der Waals surface area contributed by atoms with Gasteiger partial charge in [-0.25, -0.2) is 13.1 Å². The van der Waals surface area contributed by atoms with Gasteiger partial charge in [-0.2, -0.15) is 5.10 Å². The molecule has 6 heteroatoms. The normalized spacial score (nSPS) is 13.4. The van der Waals surface area contributed by atoms with E-state index in [0.717, 1.165) is 17.5 Å². The van der Waals surface area contributed by atoms with E-state index in [0.29, 0.717) is 6.42 Å². The molecule has 2 aromatic rings. The summed E-state index contributed by atoms with van der Waals surface area (Å²) >= 11 is 0. The Bertz CT molecular complexity index is 659. The molecule has 102 valence electrons. The molecule has 0 amide bonds. The second-order valence-electron chi connectivity index (χ2n) is 4.41. The van der Waals surface area contributed by atoms with Crippen LogP contribution in [0, 0.1) is 0 Å². The van der Waals surface area contributed by atoms with Crippen molar-refractivity contribution in [3.63, 3.8) is 0 Å². The van der Waals surface area contributed by atoms with Gasteiger partial charge in [-0.15, -0.1) is 0 Å². The fourth-order valence-corrected chi connectivity index (χ4v) is 2.25. The SMILES string of the molecule is CC[C@@H](O)c1ccc(-n2cc(S(C)(=O)=O)cn2)cc1. The number of aromatic nitrogens is 2. The summed E-state index contributed by atoms with van der Waals surface area (Å²) in [6.07, 6.45) is 4.12. The number of sulfone groups is 1. The maximum atomic E-state index is 11.4. The zero-order chi connectivity index (χ0) is 14.0. The van der Waals surface area contributed by atoms with Crippen LogP contribution >= 0.6 is 0 Å². The third-order valence-corrected chi connectivity index (χ3v) is 3.98. The molecule has 0 aliphatic carbocycles. The highest BCUT2D eigenvalue weighted by Crippen LogP contribution is 2.18. The zero-order valence-corrected chi connectivity index (χ0v) is 11.6. The van der Waals surface area contributed by atoms with E-state index in [4.69, 9.17) is 0 Å². The van der Waals surface area contributed by atoms with Gasteiger partial charge in [-0.1, -0.05) is 19.1 Å². The highest BCUT2D eigenvalue weighted by molar-refractivity contribution is 7.90. The van der Waals surface area contributed by atoms with Gasteiger partial charge in [0.15, 0.2) is 9.84 Å². The lowest BCUT2D eigenvalue weighted by molar-refractivity contribution is 0.173. The van der Waals surface area contributed by atoms with Gasteiger partial charge in [0.05, 0.1) is 18.0 Å². The van der Waals surface area contributed by atoms with E-state index < -0.39 is 15.9 Å². The minimum absolute atomic E-state index is 0.185. The maximum Gasteiger partial charge on any atom is 0.178 e. The standard InChI is InChI=1S/C13H16N2O3S/c1-3-13(16)10-4-6-11(7-5-10)15-9-12(8-14-15)19(2,17)18/h4-9,13,16H,3H2,1-2H3/t13-/m1/s1. The lowest BCUT2D eigenvalue weighted by Gasteiger charge is -2.08. The van der Waals surface area contributed by atoms with E-state index in [1.807, 2.05) is 19.1 Å². The molecule has 1 aromatic carbocycles. The number of aliphatic hydroxyl groups excluding tert-OH is 1. The topological polar surface area (TPSA) is 72.2 Å². The Morgan fingerprint density at radius 1 is 1.32 bits per heavy atom. The predicted molar refractivity (Wildman–Crippen MR) is 71.9 cm³/mol. The van der Waals surface area contributed by atoms with Gasteiger partial charge in [0.1, 0.15) is 4.90 Å². The molecule has 0 aliphatic rings. The van der Waals surface area contributed by atoms with Crippen LogP contribution in [0.1, 0.15) is 25.0 Å². The van der Waals surface area contributed by atoms with Crippen LogP contribution in [0.15, 0.2) is 41.6 Å². The Balaban J connectivity index is 2.30. The summed E-state index contributed by atoms with van der Waals surface area (Å²) in [7, 11) is -3.24. The van der Waals surface area contributed by atoms with Gasteiger partial charge >= 0.3 is 0 Å². The molecule has 0 aliphatic heterocycles. The van der Waals surface area contributed by atoms with E-state index in [2.05, 4.69) is 5.10 Å². The average molecular weight is 280 g/mol. The summed E-state index contributed by atoms with van der Waals surface area (Å²) in [5.74, 6) is 0. The Labute approximate surface area is 112 Å². The number of hydrogen-bond donors (Lipinski definition) is 1. The molecule has 1 heterocycles. The van der Waals surface area contributed by atoms with Crippen molar-refractivity contribution in [1.82, 2.24) is 9.78 Å². The number of aliphatic hydroxyl groups is 1. The average Bonchev–Trinajstić information content (AvgIpc) is 2.87. The second-order valence-corrected chi connectivity index (χ2v) is 6.42. The zero-order valence-electron chi connectivity index (χ0n) is 10.8. The van der Waals surface area contributed by atoms with Crippen molar-refractivity contribution >= 4 is 9.84 Å². The van der Waals surface area contributed by atoms with E-state index >= 15 is 0 Å². The Hall–Kier alpha value is -1.66. The third kappa shape index (κ3) is 3.02. The molecular weight excluding hydrogens is 264 g/mol. The van der Waals surface area contributed by atoms with E-state index in [9.17, 15) is 13.5 Å². The largest absolute Gasteiger partial charge is 0.388 e. The molecule has 0 radical (unpaired) electrons. The molecule has 0 spiro atoms. The van der Waals surface area contributed by atoms with Crippen LogP contribution in [-0.4, -0.2) is 29.6 Å². The van der Waals surface area contributed by atoms with Crippen LogP contribution in [-0.2, 0) is 9.84 Å². The summed E-state index contributed by atoms with van der Waals surface area (Å²) in [4.78, 5) is 0.185. The molecule has 5 nitrogen and oxygen atoms in total. The Morgan fingerprint density at radius 2 is 1.95 bits per heavy atom. The fraction of sp³-hybridized carbons (Fsp3) is 0.308. The van der Waals surface area contributed by atoms with Gasteiger partial charge < -0.3 is 5.11 Å². The lowest BCUT2D eigenvalue weighted by atomic mass is 10.1. The van der Waals surface area contributed by atoms with Crippen molar-refractivity contribution in [3.05, 3.63) is 42.2 Å². The highest BCUT2D eigenvalue weighted by atomic mass is 32.2. The van der Waals surface area contributed by atoms with Crippen molar-refractivity contribution in [3.8, 4) is 5.69 Å². The molecule has 0 saturated carbocycles. The van der Waals surface area contributed by atoms with Crippen LogP contribution in [0.3, 0.4) is 0 Å². The van der Waals surface area contributed by atoms with Crippen molar-refractivity contribution in [2.24, 2.45) is 0 Å². The number of nitrogens with zero attached hydrogens (tertiary/aromatic N) is 2. The van der Waals surface area contributed by atoms with Crippen molar-refractivity contribution in [2.75, 3.05) is 6.26 Å². The highest BCUT2D eigenvalue weighted by Gasteiger charge is 2.11. The summed E-state index contributed by atoms with van der Waals surface area (Å²) in [6, 6.07) is 7.22. The van der Waals surface area contributed by atoms with Crippen LogP contribution < -0.4 is 0 Å². The molecule has 0 unspecified atom stereocenters. The molecule has 1 aromatic heterocycles. The molecule has 2 rings (SSSR count). The van der Waals surface area contributed by atoms with Crippen LogP contribution in [0.4, 0.5) is 0 Å². The van der Waals surface area contributed by atoms with Crippen molar-refractivity contribution < 1.29 is 13.5 Å². The number of rotatable bonds is 4. The Kier molecular flexibility index (Phi) is 3.73. The van der Waals surface area contributed by atoms with Crippen LogP contribution in [0.5, 0.6) is 0 Å². The lowest BCUT2D eigenvalue weighted by Crippen LogP contribution is -1.98. The number of hydrogen-bond acceptors (Lipinski definition) is 4. The number of benzene rings is 1. The molecule has 19 heavy (non-hydrogen) atoms. The quantitative estimate of drug-likeness (QED) is 0.925. The fourth-order valence-electron chi connectivity index (χ4n) is 1.72. The second kappa shape index (κ2) is 5.14. The summed E-state index contributed by atoms with van der Waals surface area (Å²) in [5, 5.41) is 13.7. The molecule has 0 bridgehead atoms. The van der Waals surface area contributed by atoms with Gasteiger partial charge in [0.2, 0.25) is 0 Å². The summed E-state index contributed by atoms with van der Waals surface area (Å²) in [5.41, 5.74) is 1.59. The summed E-state index contributed by atoms with van der Waals surface area (Å²) in [6.45, 7) is 1.91. The van der Waals surface area contributed by atoms with E-state index in [1.165, 1.54) is 17.1 Å². The molecule has 1 N–H and O–H groups in total. The van der Waals surface area contributed by atoms with Crippen molar-refractivity contribution in [1.29, 1.82) is 0 Å². The first kappa shape index (κ1) is 13.8. The third-order valence-electron chi connectivity index (χ3n) is 2.92. The first-order chi connectivity index (χ1) is 8.91. The minimum atomic E-state index is -3.24. The summed E-state index contributed by atoms with van der Waals surface area (Å²) < 4.78 is 24.2. The predicted octanol–water partition coefficient (Wildman–Crippen LogP) is 1.72. The van der Waals surface area contributed by atoms with Crippen molar-refractivity contribution in [2.45, 2.75) is 24.3 Å². The maximum absolute atomic E-state index is 11.4. The molecule has 0 fully saturated rings. The smallest absolute Gasteiger partial charge is 0.178 e. The first-order valence-electron chi connectivity index (χ1n) is 5.95. The molecule has 0 saturated heterocycles. The van der Waals surface area contributed by atoms with E-state index in [1.54, 1.807) is 12.1 Å². The van der Waals surface area contributed by atoms with Gasteiger partial charge in [-0.3, -0.25) is 0 Å². The van der Waals surface area contributed by atoms with Crippen LogP contribution in [0.2, 0.25) is 0 Å². The minimum Gasteiger partial charge on any atom is -0.388 e. The van der Waals surface area contributed by atoms with Gasteiger partial charge in [0, 0.05) is 12.5 Å². The van der Waals surface area contributed by atoms with Crippen LogP contribution in [0.25, 0.3) is 5.69 Å². The van der Waals surface area contributed by atoms with Gasteiger partial charge in [0.25, 0.3) is 0 Å². The van der Waals surface area contributed by atoms with Gasteiger partial charge in [-0.05, 0) is 24.1 Å².